The first-order chi connectivity index (χ1) is 17.1. The second-order valence-corrected chi connectivity index (χ2v) is 9.09. The number of aromatic nitrogens is 2. The van der Waals surface area contributed by atoms with Gasteiger partial charge < -0.3 is 10.2 Å². The number of nitrogens with zero attached hydrogens (tertiary/aromatic N) is 4. The number of piperazine rings is 1. The number of benzene rings is 2. The molecule has 1 amide bonds. The van der Waals surface area contributed by atoms with E-state index in [9.17, 15) is 4.79 Å². The molecular weight excluding hydrogens is 434 g/mol. The molecule has 1 saturated heterocycles. The highest BCUT2D eigenvalue weighted by molar-refractivity contribution is 6.07. The monoisotopic (exact) mass is 465 g/mol. The topological polar surface area (TPSA) is 61.4 Å². The van der Waals surface area contributed by atoms with Gasteiger partial charge in [0.25, 0.3) is 5.91 Å². The molecule has 2 aromatic heterocycles. The predicted octanol–water partition coefficient (Wildman–Crippen LogP) is 4.47. The highest BCUT2D eigenvalue weighted by Crippen LogP contribution is 2.25. The van der Waals surface area contributed by atoms with E-state index in [2.05, 4.69) is 52.1 Å². The van der Waals surface area contributed by atoms with E-state index in [1.165, 1.54) is 16.8 Å². The van der Waals surface area contributed by atoms with Crippen molar-refractivity contribution in [2.45, 2.75) is 13.8 Å². The Bertz CT molecular complexity index is 1330. The standard InChI is InChI=1S/C29H31N5O/c1-21-8-7-12-28(22(21)2)34-18-16-33(17-19-34)15-14-31-29(35)24-20-27(26-11-5-6-13-30-26)32-25-10-4-3-9-23(24)25/h3-13,20H,14-19H2,1-2H3,(H,31,35). The highest BCUT2D eigenvalue weighted by atomic mass is 16.1. The molecule has 0 spiro atoms. The van der Waals surface area contributed by atoms with Crippen LogP contribution in [0.25, 0.3) is 22.3 Å². The van der Waals surface area contributed by atoms with Gasteiger partial charge in [-0.3, -0.25) is 14.7 Å². The number of anilines is 1. The van der Waals surface area contributed by atoms with Crippen LogP contribution in [0.2, 0.25) is 0 Å². The number of pyridine rings is 2. The molecule has 0 bridgehead atoms. The Morgan fingerprint density at radius 2 is 1.71 bits per heavy atom. The smallest absolute Gasteiger partial charge is 0.252 e. The van der Waals surface area contributed by atoms with Crippen molar-refractivity contribution in [3.05, 3.63) is 89.6 Å². The van der Waals surface area contributed by atoms with E-state index < -0.39 is 0 Å². The van der Waals surface area contributed by atoms with E-state index in [-0.39, 0.29) is 5.91 Å². The van der Waals surface area contributed by atoms with Crippen molar-refractivity contribution in [1.82, 2.24) is 20.2 Å². The van der Waals surface area contributed by atoms with Crippen molar-refractivity contribution in [1.29, 1.82) is 0 Å². The van der Waals surface area contributed by atoms with Gasteiger partial charge in [0.1, 0.15) is 0 Å². The number of carbonyl (C=O) groups excluding carboxylic acids is 1. The van der Waals surface area contributed by atoms with E-state index in [0.717, 1.165) is 49.3 Å². The number of rotatable bonds is 6. The third-order valence-electron chi connectivity index (χ3n) is 6.89. The Morgan fingerprint density at radius 3 is 2.51 bits per heavy atom. The highest BCUT2D eigenvalue weighted by Gasteiger charge is 2.19. The van der Waals surface area contributed by atoms with E-state index in [0.29, 0.717) is 17.8 Å². The number of aryl methyl sites for hydroxylation is 1. The fraction of sp³-hybridized carbons (Fsp3) is 0.276. The average Bonchev–Trinajstić information content (AvgIpc) is 2.90. The zero-order valence-corrected chi connectivity index (χ0v) is 20.4. The van der Waals surface area contributed by atoms with Gasteiger partial charge in [-0.2, -0.15) is 0 Å². The Kier molecular flexibility index (Phi) is 6.73. The number of para-hydroxylation sites is 1. The number of carbonyl (C=O) groups is 1. The molecule has 6 heteroatoms. The minimum atomic E-state index is -0.0743. The van der Waals surface area contributed by atoms with Gasteiger partial charge in [0, 0.05) is 56.5 Å². The minimum absolute atomic E-state index is 0.0743. The largest absolute Gasteiger partial charge is 0.369 e. The fourth-order valence-corrected chi connectivity index (χ4v) is 4.72. The third-order valence-corrected chi connectivity index (χ3v) is 6.89. The third kappa shape index (κ3) is 5.03. The molecule has 1 aliphatic heterocycles. The molecule has 0 unspecified atom stereocenters. The Balaban J connectivity index is 1.22. The zero-order chi connectivity index (χ0) is 24.2. The van der Waals surface area contributed by atoms with Crippen LogP contribution in [0.15, 0.2) is 72.9 Å². The summed E-state index contributed by atoms with van der Waals surface area (Å²) in [6.45, 7) is 9.80. The second-order valence-electron chi connectivity index (χ2n) is 9.09. The summed E-state index contributed by atoms with van der Waals surface area (Å²) in [6, 6.07) is 21.9. The Labute approximate surface area is 206 Å². The van der Waals surface area contributed by atoms with Gasteiger partial charge in [-0.25, -0.2) is 4.98 Å². The van der Waals surface area contributed by atoms with Crippen molar-refractivity contribution in [3.8, 4) is 11.4 Å². The Morgan fingerprint density at radius 1 is 0.914 bits per heavy atom. The summed E-state index contributed by atoms with van der Waals surface area (Å²) >= 11 is 0. The van der Waals surface area contributed by atoms with Gasteiger partial charge in [-0.1, -0.05) is 36.4 Å². The van der Waals surface area contributed by atoms with Crippen LogP contribution in [0, 0.1) is 13.8 Å². The van der Waals surface area contributed by atoms with Gasteiger partial charge >= 0.3 is 0 Å². The van der Waals surface area contributed by atoms with Crippen LogP contribution in [-0.2, 0) is 0 Å². The zero-order valence-electron chi connectivity index (χ0n) is 20.4. The first-order valence-corrected chi connectivity index (χ1v) is 12.2. The molecular formula is C29H31N5O. The maximum atomic E-state index is 13.2. The summed E-state index contributed by atoms with van der Waals surface area (Å²) in [7, 11) is 0. The summed E-state index contributed by atoms with van der Waals surface area (Å²) in [4.78, 5) is 27.2. The van der Waals surface area contributed by atoms with Gasteiger partial charge in [0.15, 0.2) is 0 Å². The fourth-order valence-electron chi connectivity index (χ4n) is 4.72. The lowest BCUT2D eigenvalue weighted by molar-refractivity contribution is 0.0949. The predicted molar refractivity (Wildman–Crippen MR) is 142 cm³/mol. The van der Waals surface area contributed by atoms with E-state index in [1.54, 1.807) is 6.20 Å². The molecule has 178 valence electrons. The summed E-state index contributed by atoms with van der Waals surface area (Å²) in [5, 5.41) is 3.99. The van der Waals surface area contributed by atoms with Gasteiger partial charge in [-0.05, 0) is 55.3 Å². The van der Waals surface area contributed by atoms with E-state index >= 15 is 0 Å². The molecule has 3 heterocycles. The lowest BCUT2D eigenvalue weighted by Gasteiger charge is -2.37. The number of hydrogen-bond acceptors (Lipinski definition) is 5. The number of nitrogens with one attached hydrogen (secondary N) is 1. The van der Waals surface area contributed by atoms with E-state index in [4.69, 9.17) is 4.98 Å². The van der Waals surface area contributed by atoms with Crippen LogP contribution in [0.4, 0.5) is 5.69 Å². The molecule has 0 saturated carbocycles. The van der Waals surface area contributed by atoms with Crippen LogP contribution in [0.5, 0.6) is 0 Å². The molecule has 0 atom stereocenters. The molecule has 1 fully saturated rings. The molecule has 1 N–H and O–H groups in total. The van der Waals surface area contributed by atoms with Crippen LogP contribution in [-0.4, -0.2) is 60.0 Å². The molecule has 0 radical (unpaired) electrons. The average molecular weight is 466 g/mol. The quantitative estimate of drug-likeness (QED) is 0.455. The molecule has 4 aromatic rings. The number of hydrogen-bond donors (Lipinski definition) is 1. The number of fused-ring (bicyclic) bond motifs is 1. The molecule has 2 aromatic carbocycles. The Hall–Kier alpha value is -3.77. The van der Waals surface area contributed by atoms with Crippen LogP contribution in [0.3, 0.4) is 0 Å². The minimum Gasteiger partial charge on any atom is -0.369 e. The van der Waals surface area contributed by atoms with Gasteiger partial charge in [-0.15, -0.1) is 0 Å². The van der Waals surface area contributed by atoms with Crippen molar-refractivity contribution in [2.75, 3.05) is 44.2 Å². The molecule has 5 rings (SSSR count). The summed E-state index contributed by atoms with van der Waals surface area (Å²) in [5.74, 6) is -0.0743. The molecule has 1 aliphatic rings. The lowest BCUT2D eigenvalue weighted by atomic mass is 10.1. The lowest BCUT2D eigenvalue weighted by Crippen LogP contribution is -2.48. The van der Waals surface area contributed by atoms with Crippen molar-refractivity contribution in [3.63, 3.8) is 0 Å². The van der Waals surface area contributed by atoms with E-state index in [1.807, 2.05) is 48.5 Å². The van der Waals surface area contributed by atoms with Crippen molar-refractivity contribution < 1.29 is 4.79 Å². The second kappa shape index (κ2) is 10.2. The maximum absolute atomic E-state index is 13.2. The summed E-state index contributed by atoms with van der Waals surface area (Å²) < 4.78 is 0. The van der Waals surface area contributed by atoms with Gasteiger partial charge in [0.2, 0.25) is 0 Å². The molecule has 0 aliphatic carbocycles. The SMILES string of the molecule is Cc1cccc(N2CCN(CCNC(=O)c3cc(-c4ccccn4)nc4ccccc34)CC2)c1C. The van der Waals surface area contributed by atoms with Crippen LogP contribution < -0.4 is 10.2 Å². The normalized spacial score (nSPS) is 14.3. The van der Waals surface area contributed by atoms with Crippen LogP contribution in [0.1, 0.15) is 21.5 Å². The van der Waals surface area contributed by atoms with Gasteiger partial charge in [0.05, 0.1) is 22.5 Å². The summed E-state index contributed by atoms with van der Waals surface area (Å²) in [6.07, 6.45) is 1.74. The molecule has 35 heavy (non-hydrogen) atoms. The molecule has 6 nitrogen and oxygen atoms in total. The van der Waals surface area contributed by atoms with Crippen LogP contribution >= 0.6 is 0 Å². The maximum Gasteiger partial charge on any atom is 0.252 e. The first-order valence-electron chi connectivity index (χ1n) is 12.2. The number of amides is 1. The van der Waals surface area contributed by atoms with Crippen molar-refractivity contribution >= 4 is 22.5 Å². The van der Waals surface area contributed by atoms with Crippen molar-refractivity contribution in [2.24, 2.45) is 0 Å². The first kappa shape index (κ1) is 23.0. The summed E-state index contributed by atoms with van der Waals surface area (Å²) in [5.41, 5.74) is 6.93.